The molecule has 2 atom stereocenters. The van der Waals surface area contributed by atoms with Gasteiger partial charge in [-0.3, -0.25) is 9.89 Å². The highest BCUT2D eigenvalue weighted by atomic mass is 32.2. The van der Waals surface area contributed by atoms with E-state index < -0.39 is 16.2 Å². The van der Waals surface area contributed by atoms with Gasteiger partial charge >= 0.3 is 0 Å². The van der Waals surface area contributed by atoms with Gasteiger partial charge in [-0.15, -0.1) is 0 Å². The Bertz CT molecular complexity index is 985. The molecule has 1 aromatic carbocycles. The first-order valence-corrected chi connectivity index (χ1v) is 11.1. The normalized spacial score (nSPS) is 23.9. The number of carbonyl (C=O) groups is 1. The molecule has 3 N–H and O–H groups in total. The fourth-order valence-corrected chi connectivity index (χ4v) is 5.22. The lowest BCUT2D eigenvalue weighted by atomic mass is 9.94. The van der Waals surface area contributed by atoms with Crippen molar-refractivity contribution in [1.29, 1.82) is 0 Å². The van der Waals surface area contributed by atoms with Crippen LogP contribution in [0.5, 0.6) is 0 Å². The first-order valence-electron chi connectivity index (χ1n) is 9.57. The molecule has 0 saturated carbocycles. The molecule has 0 bridgehead atoms. The average molecular weight is 404 g/mol. The molecule has 150 valence electrons. The van der Waals surface area contributed by atoms with Crippen LogP contribution in [-0.2, 0) is 10.0 Å². The van der Waals surface area contributed by atoms with Gasteiger partial charge in [0.05, 0.1) is 11.9 Å². The smallest absolute Gasteiger partial charge is 0.274 e. The molecular weight excluding hydrogens is 378 g/mol. The largest absolute Gasteiger partial charge is 0.368 e. The topological polar surface area (TPSA) is 107 Å². The van der Waals surface area contributed by atoms with E-state index >= 15 is 0 Å². The summed E-state index contributed by atoms with van der Waals surface area (Å²) in [7, 11) is -3.57. The SMILES string of the molecule is CC(C)c1cc(C(=O)N2CCCC(C3Nc4ccccc4S(=O)(=O)N3)C2)n[nH]1. The Morgan fingerprint density at radius 3 is 2.82 bits per heavy atom. The maximum Gasteiger partial charge on any atom is 0.274 e. The van der Waals surface area contributed by atoms with E-state index in [1.165, 1.54) is 0 Å². The van der Waals surface area contributed by atoms with Crippen molar-refractivity contribution in [3.05, 3.63) is 41.7 Å². The molecule has 1 amide bonds. The van der Waals surface area contributed by atoms with Crippen molar-refractivity contribution in [3.63, 3.8) is 0 Å². The van der Waals surface area contributed by atoms with Crippen LogP contribution in [0.25, 0.3) is 0 Å². The maximum absolute atomic E-state index is 12.9. The van der Waals surface area contributed by atoms with Crippen molar-refractivity contribution >= 4 is 21.6 Å². The Labute approximate surface area is 164 Å². The molecule has 2 aromatic rings. The van der Waals surface area contributed by atoms with Crippen molar-refractivity contribution < 1.29 is 13.2 Å². The van der Waals surface area contributed by atoms with E-state index in [9.17, 15) is 13.2 Å². The second-order valence-electron chi connectivity index (χ2n) is 7.76. The number of para-hydroxylation sites is 1. The van der Waals surface area contributed by atoms with Crippen LogP contribution in [0.1, 0.15) is 48.8 Å². The third-order valence-electron chi connectivity index (χ3n) is 5.42. The molecule has 0 radical (unpaired) electrons. The zero-order chi connectivity index (χ0) is 19.9. The first kappa shape index (κ1) is 18.9. The number of hydrogen-bond donors (Lipinski definition) is 3. The third-order valence-corrected chi connectivity index (χ3v) is 6.92. The minimum Gasteiger partial charge on any atom is -0.368 e. The van der Waals surface area contributed by atoms with E-state index in [1.54, 1.807) is 29.2 Å². The average Bonchev–Trinajstić information content (AvgIpc) is 3.17. The van der Waals surface area contributed by atoms with Crippen LogP contribution in [0.4, 0.5) is 5.69 Å². The summed E-state index contributed by atoms with van der Waals surface area (Å²) in [6, 6.07) is 8.67. The molecule has 1 aromatic heterocycles. The standard InChI is InChI=1S/C19H25N5O3S/c1-12(2)15-10-16(22-21-15)19(25)24-9-5-6-13(11-24)18-20-14-7-3-4-8-17(14)28(26,27)23-18/h3-4,7-8,10,12-13,18,20,23H,5-6,9,11H2,1-2H3,(H,21,22). The van der Waals surface area contributed by atoms with Crippen molar-refractivity contribution in [2.45, 2.75) is 43.7 Å². The van der Waals surface area contributed by atoms with Gasteiger partial charge in [0.1, 0.15) is 10.6 Å². The van der Waals surface area contributed by atoms with Gasteiger partial charge in [-0.25, -0.2) is 8.42 Å². The number of nitrogens with one attached hydrogen (secondary N) is 3. The summed E-state index contributed by atoms with van der Waals surface area (Å²) in [6.45, 7) is 5.20. The number of sulfonamides is 1. The number of likely N-dealkylation sites (tertiary alicyclic amines) is 1. The van der Waals surface area contributed by atoms with Crippen molar-refractivity contribution in [2.24, 2.45) is 5.92 Å². The quantitative estimate of drug-likeness (QED) is 0.728. The summed E-state index contributed by atoms with van der Waals surface area (Å²) in [6.07, 6.45) is 1.21. The summed E-state index contributed by atoms with van der Waals surface area (Å²) in [5.74, 6) is 0.125. The van der Waals surface area contributed by atoms with Crippen LogP contribution >= 0.6 is 0 Å². The molecule has 1 saturated heterocycles. The summed E-state index contributed by atoms with van der Waals surface area (Å²) < 4.78 is 27.9. The van der Waals surface area contributed by atoms with Crippen molar-refractivity contribution in [3.8, 4) is 0 Å². The first-order chi connectivity index (χ1) is 13.3. The molecule has 4 rings (SSSR count). The molecule has 3 heterocycles. The van der Waals surface area contributed by atoms with Gasteiger partial charge < -0.3 is 10.2 Å². The molecule has 2 unspecified atom stereocenters. The molecule has 0 spiro atoms. The highest BCUT2D eigenvalue weighted by Crippen LogP contribution is 2.30. The zero-order valence-corrected chi connectivity index (χ0v) is 16.8. The number of anilines is 1. The van der Waals surface area contributed by atoms with Gasteiger partial charge in [0.15, 0.2) is 0 Å². The highest BCUT2D eigenvalue weighted by Gasteiger charge is 2.36. The second-order valence-corrected chi connectivity index (χ2v) is 9.44. The molecule has 2 aliphatic rings. The highest BCUT2D eigenvalue weighted by molar-refractivity contribution is 7.89. The summed E-state index contributed by atoms with van der Waals surface area (Å²) in [4.78, 5) is 14.9. The summed E-state index contributed by atoms with van der Waals surface area (Å²) >= 11 is 0. The fraction of sp³-hybridized carbons (Fsp3) is 0.474. The van der Waals surface area contributed by atoms with E-state index in [1.807, 2.05) is 19.9 Å². The van der Waals surface area contributed by atoms with Crippen LogP contribution in [-0.4, -0.2) is 48.7 Å². The number of rotatable bonds is 3. The maximum atomic E-state index is 12.9. The number of nitrogens with zero attached hydrogens (tertiary/aromatic N) is 2. The van der Waals surface area contributed by atoms with Gasteiger partial charge in [0, 0.05) is 24.7 Å². The number of fused-ring (bicyclic) bond motifs is 1. The van der Waals surface area contributed by atoms with Crippen LogP contribution in [0.2, 0.25) is 0 Å². The van der Waals surface area contributed by atoms with E-state index in [0.717, 1.165) is 18.5 Å². The zero-order valence-electron chi connectivity index (χ0n) is 16.0. The van der Waals surface area contributed by atoms with Gasteiger partial charge in [-0.1, -0.05) is 26.0 Å². The van der Waals surface area contributed by atoms with Crippen LogP contribution in [0.15, 0.2) is 35.2 Å². The van der Waals surface area contributed by atoms with E-state index in [2.05, 4.69) is 20.2 Å². The number of carbonyl (C=O) groups excluding carboxylic acids is 1. The Balaban J connectivity index is 1.50. The van der Waals surface area contributed by atoms with Gasteiger partial charge in [-0.05, 0) is 37.0 Å². The van der Waals surface area contributed by atoms with E-state index in [0.29, 0.717) is 24.5 Å². The number of aromatic amines is 1. The number of benzene rings is 1. The van der Waals surface area contributed by atoms with Crippen LogP contribution in [0, 0.1) is 5.92 Å². The second kappa shape index (κ2) is 7.21. The van der Waals surface area contributed by atoms with Crippen LogP contribution < -0.4 is 10.0 Å². The number of hydrogen-bond acceptors (Lipinski definition) is 5. The molecule has 28 heavy (non-hydrogen) atoms. The Kier molecular flexibility index (Phi) is 4.88. The summed E-state index contributed by atoms with van der Waals surface area (Å²) in [5.41, 5.74) is 1.94. The lowest BCUT2D eigenvalue weighted by molar-refractivity contribution is 0.0653. The number of H-pyrrole nitrogens is 1. The van der Waals surface area contributed by atoms with Crippen LogP contribution in [0.3, 0.4) is 0 Å². The molecule has 9 heteroatoms. The Morgan fingerprint density at radius 1 is 1.29 bits per heavy atom. The molecular formula is C19H25N5O3S. The number of piperidine rings is 1. The van der Waals surface area contributed by atoms with E-state index in [-0.39, 0.29) is 22.6 Å². The Hall–Kier alpha value is -2.39. The molecule has 8 nitrogen and oxygen atoms in total. The minimum atomic E-state index is -3.57. The molecule has 2 aliphatic heterocycles. The predicted molar refractivity (Wildman–Crippen MR) is 105 cm³/mol. The third kappa shape index (κ3) is 3.51. The minimum absolute atomic E-state index is 0.0238. The fourth-order valence-electron chi connectivity index (χ4n) is 3.83. The van der Waals surface area contributed by atoms with Gasteiger partial charge in [0.2, 0.25) is 10.0 Å². The Morgan fingerprint density at radius 2 is 2.07 bits per heavy atom. The lowest BCUT2D eigenvalue weighted by Crippen LogP contribution is -2.54. The van der Waals surface area contributed by atoms with E-state index in [4.69, 9.17) is 0 Å². The number of aromatic nitrogens is 2. The van der Waals surface area contributed by atoms with Crippen molar-refractivity contribution in [2.75, 3.05) is 18.4 Å². The molecule has 0 aliphatic carbocycles. The summed E-state index contributed by atoms with van der Waals surface area (Å²) in [5, 5.41) is 10.4. The van der Waals surface area contributed by atoms with Gasteiger partial charge in [-0.2, -0.15) is 9.82 Å². The van der Waals surface area contributed by atoms with Gasteiger partial charge in [0.25, 0.3) is 5.91 Å². The monoisotopic (exact) mass is 403 g/mol. The predicted octanol–water partition coefficient (Wildman–Crippen LogP) is 2.12. The van der Waals surface area contributed by atoms with Crippen molar-refractivity contribution in [1.82, 2.24) is 19.8 Å². The molecule has 1 fully saturated rings. The number of amides is 1. The lowest BCUT2D eigenvalue weighted by Gasteiger charge is -2.39.